The number of halogens is 1. The summed E-state index contributed by atoms with van der Waals surface area (Å²) in [5.74, 6) is 0.0863. The molecule has 8 nitrogen and oxygen atoms in total. The van der Waals surface area contributed by atoms with Gasteiger partial charge < -0.3 is 13.9 Å². The van der Waals surface area contributed by atoms with Gasteiger partial charge in [-0.05, 0) is 41.8 Å². The molecule has 0 saturated heterocycles. The van der Waals surface area contributed by atoms with E-state index in [0.29, 0.717) is 34.5 Å². The van der Waals surface area contributed by atoms with Crippen LogP contribution < -0.4 is 19.8 Å². The predicted octanol–water partition coefficient (Wildman–Crippen LogP) is 4.75. The first kappa shape index (κ1) is 23.0. The number of hydrogen-bond donors (Lipinski definition) is 0. The van der Waals surface area contributed by atoms with Crippen LogP contribution in [0.15, 0.2) is 45.6 Å². The first-order chi connectivity index (χ1) is 16.8. The van der Waals surface area contributed by atoms with Crippen LogP contribution in [0.2, 0.25) is 0 Å². The van der Waals surface area contributed by atoms with Crippen molar-refractivity contribution in [2.75, 3.05) is 19.1 Å². The van der Waals surface area contributed by atoms with E-state index in [2.05, 4.69) is 24.0 Å². The summed E-state index contributed by atoms with van der Waals surface area (Å²) in [6, 6.07) is 7.91. The lowest BCUT2D eigenvalue weighted by Gasteiger charge is -2.23. The fourth-order valence-electron chi connectivity index (χ4n) is 4.25. The van der Waals surface area contributed by atoms with E-state index in [4.69, 9.17) is 13.9 Å². The normalized spacial score (nSPS) is 15.2. The minimum Gasteiger partial charge on any atom is -0.493 e. The molecule has 0 saturated carbocycles. The molecule has 3 heterocycles. The minimum atomic E-state index is -0.874. The molecule has 10 heteroatoms. The van der Waals surface area contributed by atoms with E-state index in [0.717, 1.165) is 11.1 Å². The molecule has 1 atom stereocenters. The number of hydrogen-bond acceptors (Lipinski definition) is 8. The number of aromatic nitrogens is 2. The van der Waals surface area contributed by atoms with Gasteiger partial charge in [-0.15, -0.1) is 10.2 Å². The number of anilines is 1. The summed E-state index contributed by atoms with van der Waals surface area (Å²) in [5, 5.41) is 9.68. The lowest BCUT2D eigenvalue weighted by molar-refractivity contribution is 0.0970. The molecule has 0 radical (unpaired) electrons. The SMILES string of the molecule is COc1ccc(C2c3c(oc4ccc(F)cc4c3=O)C(=O)N2c2nnc(CC(C)C)s2)cc1OC. The third-order valence-corrected chi connectivity index (χ3v) is 6.75. The minimum absolute atomic E-state index is 0.0571. The maximum Gasteiger partial charge on any atom is 0.297 e. The van der Waals surface area contributed by atoms with Gasteiger partial charge in [-0.1, -0.05) is 31.3 Å². The van der Waals surface area contributed by atoms with Gasteiger partial charge in [0, 0.05) is 6.42 Å². The molecule has 1 aliphatic heterocycles. The number of fused-ring (bicyclic) bond motifs is 2. The van der Waals surface area contributed by atoms with Crippen molar-refractivity contribution in [2.45, 2.75) is 26.3 Å². The van der Waals surface area contributed by atoms with Crippen LogP contribution in [0.4, 0.5) is 9.52 Å². The number of carbonyl (C=O) groups excluding carboxylic acids is 1. The molecule has 4 aromatic rings. The maximum absolute atomic E-state index is 14.0. The molecule has 180 valence electrons. The highest BCUT2D eigenvalue weighted by atomic mass is 32.1. The average Bonchev–Trinajstić information content (AvgIpc) is 3.40. The summed E-state index contributed by atoms with van der Waals surface area (Å²) in [6.45, 7) is 4.13. The molecule has 1 amide bonds. The van der Waals surface area contributed by atoms with Crippen molar-refractivity contribution >= 4 is 33.3 Å². The zero-order valence-electron chi connectivity index (χ0n) is 19.5. The number of methoxy groups -OCH3 is 2. The summed E-state index contributed by atoms with van der Waals surface area (Å²) in [4.78, 5) is 28.7. The summed E-state index contributed by atoms with van der Waals surface area (Å²) in [6.07, 6.45) is 0.702. The van der Waals surface area contributed by atoms with E-state index in [1.165, 1.54) is 42.6 Å². The summed E-state index contributed by atoms with van der Waals surface area (Å²) < 4.78 is 30.7. The third kappa shape index (κ3) is 3.83. The average molecular weight is 496 g/mol. The first-order valence-corrected chi connectivity index (χ1v) is 11.8. The molecular weight excluding hydrogens is 473 g/mol. The van der Waals surface area contributed by atoms with Crippen molar-refractivity contribution in [2.24, 2.45) is 5.92 Å². The Balaban J connectivity index is 1.75. The summed E-state index contributed by atoms with van der Waals surface area (Å²) >= 11 is 1.28. The second kappa shape index (κ2) is 8.77. The van der Waals surface area contributed by atoms with Crippen LogP contribution >= 0.6 is 11.3 Å². The first-order valence-electron chi connectivity index (χ1n) is 11.0. The Morgan fingerprint density at radius 1 is 1.09 bits per heavy atom. The number of amides is 1. The molecule has 5 rings (SSSR count). The molecule has 0 fully saturated rings. The Morgan fingerprint density at radius 3 is 2.57 bits per heavy atom. The Hall–Kier alpha value is -3.79. The van der Waals surface area contributed by atoms with Gasteiger partial charge in [0.2, 0.25) is 10.9 Å². The predicted molar refractivity (Wildman–Crippen MR) is 129 cm³/mol. The van der Waals surface area contributed by atoms with E-state index >= 15 is 0 Å². The number of nitrogens with zero attached hydrogens (tertiary/aromatic N) is 3. The highest BCUT2D eigenvalue weighted by molar-refractivity contribution is 7.15. The van der Waals surface area contributed by atoms with E-state index in [9.17, 15) is 14.0 Å². The zero-order chi connectivity index (χ0) is 24.9. The molecular formula is C25H22FN3O5S. The molecule has 2 aromatic carbocycles. The van der Waals surface area contributed by atoms with Gasteiger partial charge in [0.25, 0.3) is 5.91 Å². The van der Waals surface area contributed by atoms with E-state index in [-0.39, 0.29) is 22.3 Å². The van der Waals surface area contributed by atoms with Crippen LogP contribution in [0.5, 0.6) is 11.5 Å². The van der Waals surface area contributed by atoms with Gasteiger partial charge in [0.05, 0.1) is 31.2 Å². The zero-order valence-corrected chi connectivity index (χ0v) is 20.3. The standard InChI is InChI=1S/C25H22FN3O5S/c1-12(2)9-19-27-28-25(35-19)29-21(13-5-7-17(32-3)18(10-13)33-4)20-22(30)15-11-14(26)6-8-16(15)34-23(20)24(29)31/h5-8,10-12,21H,9H2,1-4H3. The summed E-state index contributed by atoms with van der Waals surface area (Å²) in [7, 11) is 3.02. The van der Waals surface area contributed by atoms with Crippen molar-refractivity contribution < 1.29 is 23.1 Å². The molecule has 0 spiro atoms. The molecule has 2 aromatic heterocycles. The fraction of sp³-hybridized carbons (Fsp3) is 0.280. The van der Waals surface area contributed by atoms with E-state index in [1.807, 2.05) is 0 Å². The Bertz CT molecular complexity index is 1510. The monoisotopic (exact) mass is 495 g/mol. The van der Waals surface area contributed by atoms with Crippen molar-refractivity contribution in [3.8, 4) is 11.5 Å². The summed E-state index contributed by atoms with van der Waals surface area (Å²) in [5.41, 5.74) is 0.344. The Kier molecular flexibility index (Phi) is 5.76. The molecule has 1 unspecified atom stereocenters. The Morgan fingerprint density at radius 2 is 1.86 bits per heavy atom. The molecule has 1 aliphatic rings. The van der Waals surface area contributed by atoms with Crippen molar-refractivity contribution in [1.82, 2.24) is 10.2 Å². The number of carbonyl (C=O) groups is 1. The van der Waals surface area contributed by atoms with Crippen molar-refractivity contribution in [3.05, 3.63) is 74.3 Å². The van der Waals surface area contributed by atoms with Crippen LogP contribution in [0.25, 0.3) is 11.0 Å². The second-order valence-electron chi connectivity index (χ2n) is 8.58. The number of benzene rings is 2. The lowest BCUT2D eigenvalue weighted by atomic mass is 9.98. The van der Waals surface area contributed by atoms with Gasteiger partial charge >= 0.3 is 0 Å². The number of ether oxygens (including phenoxy) is 2. The van der Waals surface area contributed by atoms with Gasteiger partial charge in [0.15, 0.2) is 16.9 Å². The van der Waals surface area contributed by atoms with Gasteiger partial charge in [0.1, 0.15) is 16.4 Å². The van der Waals surface area contributed by atoms with E-state index in [1.54, 1.807) is 18.2 Å². The molecule has 0 bridgehead atoms. The fourth-order valence-corrected chi connectivity index (χ4v) is 5.33. The second-order valence-corrected chi connectivity index (χ2v) is 9.62. The van der Waals surface area contributed by atoms with Crippen LogP contribution in [-0.2, 0) is 6.42 Å². The molecule has 35 heavy (non-hydrogen) atoms. The lowest BCUT2D eigenvalue weighted by Crippen LogP contribution is -2.29. The highest BCUT2D eigenvalue weighted by Crippen LogP contribution is 2.44. The van der Waals surface area contributed by atoms with Gasteiger partial charge in [-0.3, -0.25) is 14.5 Å². The van der Waals surface area contributed by atoms with Crippen LogP contribution in [0.1, 0.15) is 46.6 Å². The smallest absolute Gasteiger partial charge is 0.297 e. The van der Waals surface area contributed by atoms with Crippen molar-refractivity contribution in [3.63, 3.8) is 0 Å². The topological polar surface area (TPSA) is 94.8 Å². The van der Waals surface area contributed by atoms with Gasteiger partial charge in [-0.25, -0.2) is 4.39 Å². The van der Waals surface area contributed by atoms with Crippen LogP contribution in [0, 0.1) is 11.7 Å². The van der Waals surface area contributed by atoms with Gasteiger partial charge in [-0.2, -0.15) is 0 Å². The Labute approximate surface area is 203 Å². The largest absolute Gasteiger partial charge is 0.493 e. The van der Waals surface area contributed by atoms with E-state index < -0.39 is 23.2 Å². The highest BCUT2D eigenvalue weighted by Gasteiger charge is 2.45. The molecule has 0 N–H and O–H groups in total. The number of rotatable bonds is 6. The maximum atomic E-state index is 14.0. The quantitative estimate of drug-likeness (QED) is 0.381. The van der Waals surface area contributed by atoms with Crippen molar-refractivity contribution in [1.29, 1.82) is 0 Å². The van der Waals surface area contributed by atoms with Crippen LogP contribution in [-0.4, -0.2) is 30.3 Å². The molecule has 0 aliphatic carbocycles. The third-order valence-electron chi connectivity index (χ3n) is 5.80. The van der Waals surface area contributed by atoms with Crippen LogP contribution in [0.3, 0.4) is 0 Å².